The average molecular weight is 507 g/mol. The van der Waals surface area contributed by atoms with Gasteiger partial charge in [-0.05, 0) is 25.7 Å². The first-order valence-corrected chi connectivity index (χ1v) is 13.8. The zero-order chi connectivity index (χ0) is 24.8. The summed E-state index contributed by atoms with van der Waals surface area (Å²) in [4.78, 5) is 25.7. The van der Waals surface area contributed by atoms with E-state index in [4.69, 9.17) is 9.47 Å². The lowest BCUT2D eigenvalue weighted by Crippen LogP contribution is -2.56. The fourth-order valence-electron chi connectivity index (χ4n) is 5.37. The molecule has 3 aliphatic heterocycles. The standard InChI is InChI=1S/C22H30N6O6S/c1-35(31,32)20-24-18(27-11-15-2-3-16(12-27)28(15)21(29)30)17(10-23)19(25-20)34-14-22(4-5-22)13-26-6-8-33-9-7-26/h15-16H,2-9,11-14H2,1H3,(H,29,30)/t15-,16+. The zero-order valence-corrected chi connectivity index (χ0v) is 20.5. The second-order valence-corrected chi connectivity index (χ2v) is 12.0. The molecular weight excluding hydrogens is 476 g/mol. The Balaban J connectivity index is 1.41. The summed E-state index contributed by atoms with van der Waals surface area (Å²) in [5, 5.41) is 19.2. The molecule has 0 aromatic carbocycles. The van der Waals surface area contributed by atoms with Crippen molar-refractivity contribution in [2.24, 2.45) is 5.41 Å². The van der Waals surface area contributed by atoms with Gasteiger partial charge < -0.3 is 19.5 Å². The Labute approximate surface area is 204 Å². The zero-order valence-electron chi connectivity index (χ0n) is 19.7. The van der Waals surface area contributed by atoms with E-state index in [0.29, 0.717) is 45.8 Å². The third-order valence-corrected chi connectivity index (χ3v) is 8.26. The van der Waals surface area contributed by atoms with E-state index in [0.717, 1.165) is 38.7 Å². The number of fused-ring (bicyclic) bond motifs is 2. The molecule has 13 heteroatoms. The van der Waals surface area contributed by atoms with Crippen LogP contribution < -0.4 is 9.64 Å². The summed E-state index contributed by atoms with van der Waals surface area (Å²) < 4.78 is 36.3. The van der Waals surface area contributed by atoms with E-state index in [1.165, 1.54) is 4.90 Å². The number of piperazine rings is 1. The van der Waals surface area contributed by atoms with Crippen molar-refractivity contribution in [2.75, 3.05) is 63.7 Å². The van der Waals surface area contributed by atoms with Gasteiger partial charge in [-0.2, -0.15) is 15.2 Å². The number of aromatic nitrogens is 2. The van der Waals surface area contributed by atoms with Gasteiger partial charge in [0.2, 0.25) is 15.7 Å². The highest BCUT2D eigenvalue weighted by Crippen LogP contribution is 2.47. The highest BCUT2D eigenvalue weighted by molar-refractivity contribution is 7.90. The molecule has 1 N–H and O–H groups in total. The first-order chi connectivity index (χ1) is 16.7. The second kappa shape index (κ2) is 9.07. The lowest BCUT2D eigenvalue weighted by molar-refractivity contribution is 0.0233. The minimum Gasteiger partial charge on any atom is -0.476 e. The van der Waals surface area contributed by atoms with Crippen molar-refractivity contribution in [3.8, 4) is 11.9 Å². The van der Waals surface area contributed by atoms with Gasteiger partial charge in [0.15, 0.2) is 11.4 Å². The molecule has 0 spiro atoms. The molecule has 2 bridgehead atoms. The van der Waals surface area contributed by atoms with Gasteiger partial charge in [0.1, 0.15) is 6.07 Å². The summed E-state index contributed by atoms with van der Waals surface area (Å²) >= 11 is 0. The fraction of sp³-hybridized carbons (Fsp3) is 0.727. The number of nitrogens with zero attached hydrogens (tertiary/aromatic N) is 6. The minimum absolute atomic E-state index is 0.0285. The van der Waals surface area contributed by atoms with Crippen LogP contribution in [0.5, 0.6) is 5.88 Å². The summed E-state index contributed by atoms with van der Waals surface area (Å²) in [6.45, 7) is 5.00. The molecule has 5 rings (SSSR count). The minimum atomic E-state index is -3.77. The van der Waals surface area contributed by atoms with Gasteiger partial charge in [-0.3, -0.25) is 9.80 Å². The molecule has 35 heavy (non-hydrogen) atoms. The molecule has 190 valence electrons. The Hall–Kier alpha value is -2.69. The highest BCUT2D eigenvalue weighted by Gasteiger charge is 2.46. The number of rotatable bonds is 7. The van der Waals surface area contributed by atoms with Gasteiger partial charge in [-0.25, -0.2) is 13.2 Å². The van der Waals surface area contributed by atoms with Crippen LogP contribution in [0.3, 0.4) is 0 Å². The summed E-state index contributed by atoms with van der Waals surface area (Å²) in [6.07, 6.45) is 3.47. The number of carbonyl (C=O) groups is 1. The second-order valence-electron chi connectivity index (χ2n) is 10.1. The number of hydrogen-bond donors (Lipinski definition) is 1. The molecule has 12 nitrogen and oxygen atoms in total. The number of anilines is 1. The van der Waals surface area contributed by atoms with Crippen LogP contribution >= 0.6 is 0 Å². The van der Waals surface area contributed by atoms with Crippen molar-refractivity contribution in [1.82, 2.24) is 19.8 Å². The molecule has 0 unspecified atom stereocenters. The van der Waals surface area contributed by atoms with Crippen molar-refractivity contribution in [3.05, 3.63) is 5.56 Å². The van der Waals surface area contributed by atoms with Crippen molar-refractivity contribution < 1.29 is 27.8 Å². The maximum Gasteiger partial charge on any atom is 0.407 e. The van der Waals surface area contributed by atoms with Crippen LogP contribution in [-0.4, -0.2) is 110 Å². The normalized spacial score (nSPS) is 25.8. The maximum atomic E-state index is 12.4. The van der Waals surface area contributed by atoms with E-state index >= 15 is 0 Å². The Kier molecular flexibility index (Phi) is 6.23. The summed E-state index contributed by atoms with van der Waals surface area (Å²) in [6, 6.07) is 1.65. The van der Waals surface area contributed by atoms with Crippen molar-refractivity contribution in [2.45, 2.75) is 42.9 Å². The molecule has 4 fully saturated rings. The van der Waals surface area contributed by atoms with Crippen LogP contribution in [-0.2, 0) is 14.6 Å². The molecule has 2 atom stereocenters. The van der Waals surface area contributed by atoms with Crippen LogP contribution in [0.2, 0.25) is 0 Å². The van der Waals surface area contributed by atoms with E-state index in [9.17, 15) is 23.6 Å². The van der Waals surface area contributed by atoms with Gasteiger partial charge in [0.05, 0.1) is 31.9 Å². The van der Waals surface area contributed by atoms with Gasteiger partial charge in [-0.1, -0.05) is 0 Å². The molecule has 0 radical (unpaired) electrons. The molecule has 1 saturated carbocycles. The third-order valence-electron chi connectivity index (χ3n) is 7.42. The van der Waals surface area contributed by atoms with Gasteiger partial charge >= 0.3 is 6.09 Å². The molecule has 1 aliphatic carbocycles. The van der Waals surface area contributed by atoms with Crippen LogP contribution in [0.15, 0.2) is 5.16 Å². The van der Waals surface area contributed by atoms with Crippen LogP contribution in [0.4, 0.5) is 10.6 Å². The number of carboxylic acid groups (broad SMARTS) is 1. The lowest BCUT2D eigenvalue weighted by Gasteiger charge is -2.40. The number of hydrogen-bond acceptors (Lipinski definition) is 10. The number of ether oxygens (including phenoxy) is 2. The Morgan fingerprint density at radius 3 is 2.43 bits per heavy atom. The molecule has 1 amide bonds. The summed E-state index contributed by atoms with van der Waals surface area (Å²) in [5.74, 6) is 0.164. The predicted octanol–water partition coefficient (Wildman–Crippen LogP) is 0.574. The monoisotopic (exact) mass is 506 g/mol. The largest absolute Gasteiger partial charge is 0.476 e. The number of amides is 1. The van der Waals surface area contributed by atoms with Gasteiger partial charge in [0, 0.05) is 44.4 Å². The van der Waals surface area contributed by atoms with Gasteiger partial charge in [-0.15, -0.1) is 0 Å². The van der Waals surface area contributed by atoms with Crippen molar-refractivity contribution in [3.63, 3.8) is 0 Å². The number of nitriles is 1. The number of morpholine rings is 1. The highest BCUT2D eigenvalue weighted by atomic mass is 32.2. The maximum absolute atomic E-state index is 12.4. The predicted molar refractivity (Wildman–Crippen MR) is 123 cm³/mol. The first kappa shape index (κ1) is 24.0. The van der Waals surface area contributed by atoms with Crippen LogP contribution in [0, 0.1) is 16.7 Å². The van der Waals surface area contributed by atoms with E-state index in [1.807, 2.05) is 4.90 Å². The lowest BCUT2D eigenvalue weighted by atomic mass is 10.1. The molecule has 1 aromatic rings. The van der Waals surface area contributed by atoms with Gasteiger partial charge in [0.25, 0.3) is 5.16 Å². The van der Waals surface area contributed by atoms with E-state index in [-0.39, 0.29) is 34.8 Å². The van der Waals surface area contributed by atoms with E-state index < -0.39 is 21.1 Å². The molecule has 1 aromatic heterocycles. The first-order valence-electron chi connectivity index (χ1n) is 11.9. The van der Waals surface area contributed by atoms with Crippen LogP contribution in [0.1, 0.15) is 31.2 Å². The molecule has 4 aliphatic rings. The SMILES string of the molecule is CS(=O)(=O)c1nc(OCC2(CN3CCOCC3)CC2)c(C#N)c(N2C[C@H]3CC[C@@H](C2)N3C(=O)O)n1. The molecular formula is C22H30N6O6S. The third kappa shape index (κ3) is 4.87. The average Bonchev–Trinajstić information content (AvgIpc) is 3.53. The fourth-order valence-corrected chi connectivity index (χ4v) is 5.88. The Bertz CT molecular complexity index is 1130. The topological polar surface area (TPSA) is 149 Å². The molecule has 4 heterocycles. The Morgan fingerprint density at radius 2 is 1.89 bits per heavy atom. The quantitative estimate of drug-likeness (QED) is 0.517. The smallest absolute Gasteiger partial charge is 0.407 e. The van der Waals surface area contributed by atoms with Crippen molar-refractivity contribution >= 4 is 21.7 Å². The summed E-state index contributed by atoms with van der Waals surface area (Å²) in [7, 11) is -3.77. The number of sulfone groups is 1. The summed E-state index contributed by atoms with van der Waals surface area (Å²) in [5.41, 5.74) is 0.0369. The van der Waals surface area contributed by atoms with E-state index in [1.54, 1.807) is 0 Å². The molecule has 3 saturated heterocycles. The Morgan fingerprint density at radius 1 is 1.23 bits per heavy atom. The van der Waals surface area contributed by atoms with Crippen LogP contribution in [0.25, 0.3) is 0 Å². The van der Waals surface area contributed by atoms with Crippen molar-refractivity contribution in [1.29, 1.82) is 5.26 Å². The van der Waals surface area contributed by atoms with E-state index in [2.05, 4.69) is 20.9 Å².